The van der Waals surface area contributed by atoms with E-state index in [1.165, 1.54) is 4.68 Å². The number of carbonyl (C=O) groups excluding carboxylic acids is 1. The molecule has 0 bridgehead atoms. The average Bonchev–Trinajstić information content (AvgIpc) is 3.08. The maximum atomic E-state index is 12.3. The first-order valence-corrected chi connectivity index (χ1v) is 7.79. The predicted molar refractivity (Wildman–Crippen MR) is 91.0 cm³/mol. The van der Waals surface area contributed by atoms with Gasteiger partial charge in [-0.3, -0.25) is 19.6 Å². The number of para-hydroxylation sites is 2. The van der Waals surface area contributed by atoms with Crippen molar-refractivity contribution in [2.45, 2.75) is 33.4 Å². The molecule has 2 aromatic heterocycles. The summed E-state index contributed by atoms with van der Waals surface area (Å²) in [5, 5.41) is 17.9. The number of aromatic amines is 1. The van der Waals surface area contributed by atoms with Gasteiger partial charge in [-0.15, -0.1) is 0 Å². The molecule has 130 valence electrons. The predicted octanol–water partition coefficient (Wildman–Crippen LogP) is 2.16. The summed E-state index contributed by atoms with van der Waals surface area (Å²) in [5.41, 5.74) is 2.31. The van der Waals surface area contributed by atoms with Crippen molar-refractivity contribution >= 4 is 22.6 Å². The fourth-order valence-corrected chi connectivity index (χ4v) is 2.77. The number of aryl methyl sites for hydroxylation is 1. The Morgan fingerprint density at radius 1 is 1.40 bits per heavy atom. The van der Waals surface area contributed by atoms with Crippen molar-refractivity contribution in [3.8, 4) is 0 Å². The van der Waals surface area contributed by atoms with E-state index in [2.05, 4.69) is 20.4 Å². The number of amides is 1. The van der Waals surface area contributed by atoms with Crippen LogP contribution in [0.15, 0.2) is 24.3 Å². The summed E-state index contributed by atoms with van der Waals surface area (Å²) in [5.74, 6) is 0.349. The minimum atomic E-state index is -0.483. The van der Waals surface area contributed by atoms with E-state index in [0.29, 0.717) is 17.2 Å². The van der Waals surface area contributed by atoms with Crippen molar-refractivity contribution in [2.24, 2.45) is 0 Å². The number of rotatable bonds is 5. The number of aromatic nitrogens is 4. The lowest BCUT2D eigenvalue weighted by molar-refractivity contribution is -0.386. The van der Waals surface area contributed by atoms with Gasteiger partial charge in [0.05, 0.1) is 22.0 Å². The van der Waals surface area contributed by atoms with Gasteiger partial charge < -0.3 is 10.3 Å². The Balaban J connectivity index is 1.72. The summed E-state index contributed by atoms with van der Waals surface area (Å²) < 4.78 is 1.34. The number of carbonyl (C=O) groups is 1. The van der Waals surface area contributed by atoms with E-state index in [9.17, 15) is 14.9 Å². The van der Waals surface area contributed by atoms with Gasteiger partial charge in [0.15, 0.2) is 0 Å². The summed E-state index contributed by atoms with van der Waals surface area (Å²) >= 11 is 0. The van der Waals surface area contributed by atoms with Crippen LogP contribution < -0.4 is 5.32 Å². The Bertz CT molecular complexity index is 925. The molecule has 1 aromatic carbocycles. The van der Waals surface area contributed by atoms with Crippen LogP contribution in [0, 0.1) is 24.0 Å². The number of hydrogen-bond acceptors (Lipinski definition) is 5. The third-order valence-corrected chi connectivity index (χ3v) is 4.01. The van der Waals surface area contributed by atoms with Crippen LogP contribution in [-0.2, 0) is 11.3 Å². The molecule has 0 saturated heterocycles. The first-order valence-electron chi connectivity index (χ1n) is 7.79. The molecule has 2 heterocycles. The molecule has 0 spiro atoms. The van der Waals surface area contributed by atoms with Crippen LogP contribution >= 0.6 is 0 Å². The molecule has 0 radical (unpaired) electrons. The van der Waals surface area contributed by atoms with Crippen molar-refractivity contribution in [1.82, 2.24) is 25.1 Å². The van der Waals surface area contributed by atoms with Crippen LogP contribution in [0.25, 0.3) is 11.0 Å². The Morgan fingerprint density at radius 2 is 2.12 bits per heavy atom. The quantitative estimate of drug-likeness (QED) is 0.544. The lowest BCUT2D eigenvalue weighted by Gasteiger charge is -2.11. The number of hydrogen-bond donors (Lipinski definition) is 2. The van der Waals surface area contributed by atoms with Crippen molar-refractivity contribution in [3.05, 3.63) is 51.6 Å². The fourth-order valence-electron chi connectivity index (χ4n) is 2.77. The molecule has 1 atom stereocenters. The normalized spacial score (nSPS) is 12.3. The molecule has 25 heavy (non-hydrogen) atoms. The van der Waals surface area contributed by atoms with Gasteiger partial charge in [-0.2, -0.15) is 5.10 Å². The number of nitrogens with one attached hydrogen (secondary N) is 2. The van der Waals surface area contributed by atoms with Crippen LogP contribution in [0.1, 0.15) is 30.2 Å². The number of nitrogens with zero attached hydrogens (tertiary/aromatic N) is 4. The minimum absolute atomic E-state index is 0.0573. The molecule has 3 aromatic rings. The second kappa shape index (κ2) is 6.34. The minimum Gasteiger partial charge on any atom is -0.345 e. The third-order valence-electron chi connectivity index (χ3n) is 4.01. The first kappa shape index (κ1) is 16.6. The lowest BCUT2D eigenvalue weighted by atomic mass is 10.3. The standard InChI is InChI=1S/C16H18N6O3/c1-9-15(22(24)25)11(3)21(20-9)8-14(23)17-10(2)16-18-12-6-4-5-7-13(12)19-16/h4-7,10H,8H2,1-3H3,(H,17,23)(H,18,19)/t10-/m0/s1. The summed E-state index contributed by atoms with van der Waals surface area (Å²) in [6.07, 6.45) is 0. The lowest BCUT2D eigenvalue weighted by Crippen LogP contribution is -2.31. The molecule has 0 aliphatic rings. The molecule has 0 unspecified atom stereocenters. The van der Waals surface area contributed by atoms with E-state index in [4.69, 9.17) is 0 Å². The molecule has 2 N–H and O–H groups in total. The van der Waals surface area contributed by atoms with E-state index >= 15 is 0 Å². The zero-order chi connectivity index (χ0) is 18.1. The monoisotopic (exact) mass is 342 g/mol. The van der Waals surface area contributed by atoms with E-state index in [1.807, 2.05) is 31.2 Å². The number of imidazole rings is 1. The number of H-pyrrole nitrogens is 1. The molecule has 3 rings (SSSR count). The second-order valence-corrected chi connectivity index (χ2v) is 5.86. The summed E-state index contributed by atoms with van der Waals surface area (Å²) in [6, 6.07) is 7.27. The zero-order valence-electron chi connectivity index (χ0n) is 14.1. The smallest absolute Gasteiger partial charge is 0.312 e. The van der Waals surface area contributed by atoms with Crippen LogP contribution in [0.2, 0.25) is 0 Å². The SMILES string of the molecule is Cc1nn(CC(=O)N[C@@H](C)c2nc3ccccc3[nH]2)c(C)c1[N+](=O)[O-]. The molecule has 1 amide bonds. The maximum Gasteiger partial charge on any atom is 0.312 e. The van der Waals surface area contributed by atoms with E-state index in [0.717, 1.165) is 11.0 Å². The molecular weight excluding hydrogens is 324 g/mol. The maximum absolute atomic E-state index is 12.3. The highest BCUT2D eigenvalue weighted by atomic mass is 16.6. The van der Waals surface area contributed by atoms with Crippen LogP contribution in [0.3, 0.4) is 0 Å². The topological polar surface area (TPSA) is 119 Å². The fraction of sp³-hybridized carbons (Fsp3) is 0.312. The van der Waals surface area contributed by atoms with Gasteiger partial charge in [-0.1, -0.05) is 12.1 Å². The molecule has 0 saturated carbocycles. The second-order valence-electron chi connectivity index (χ2n) is 5.86. The molecule has 0 aliphatic carbocycles. The highest BCUT2D eigenvalue weighted by Crippen LogP contribution is 2.21. The molecule has 0 fully saturated rings. The van der Waals surface area contributed by atoms with Crippen LogP contribution in [0.5, 0.6) is 0 Å². The van der Waals surface area contributed by atoms with E-state index in [-0.39, 0.29) is 24.2 Å². The van der Waals surface area contributed by atoms with E-state index < -0.39 is 4.92 Å². The van der Waals surface area contributed by atoms with Crippen molar-refractivity contribution < 1.29 is 9.72 Å². The Kier molecular flexibility index (Phi) is 4.22. The molecule has 0 aliphatic heterocycles. The van der Waals surface area contributed by atoms with Gasteiger partial charge in [0, 0.05) is 0 Å². The van der Waals surface area contributed by atoms with Gasteiger partial charge in [0.25, 0.3) is 0 Å². The summed E-state index contributed by atoms with van der Waals surface area (Å²) in [4.78, 5) is 30.4. The Hall–Kier alpha value is -3.23. The molecular formula is C16H18N6O3. The largest absolute Gasteiger partial charge is 0.345 e. The third kappa shape index (κ3) is 3.21. The molecule has 9 heteroatoms. The summed E-state index contributed by atoms with van der Waals surface area (Å²) in [7, 11) is 0. The van der Waals surface area contributed by atoms with Crippen molar-refractivity contribution in [1.29, 1.82) is 0 Å². The van der Waals surface area contributed by atoms with Gasteiger partial charge in [-0.05, 0) is 32.9 Å². The number of benzene rings is 1. The highest BCUT2D eigenvalue weighted by Gasteiger charge is 2.23. The van der Waals surface area contributed by atoms with E-state index in [1.54, 1.807) is 13.8 Å². The van der Waals surface area contributed by atoms with Crippen molar-refractivity contribution in [3.63, 3.8) is 0 Å². The van der Waals surface area contributed by atoms with Gasteiger partial charge in [0.2, 0.25) is 5.91 Å². The first-order chi connectivity index (χ1) is 11.9. The number of fused-ring (bicyclic) bond motifs is 1. The number of nitro groups is 1. The van der Waals surface area contributed by atoms with Crippen LogP contribution in [-0.4, -0.2) is 30.6 Å². The average molecular weight is 342 g/mol. The Morgan fingerprint density at radius 3 is 2.76 bits per heavy atom. The highest BCUT2D eigenvalue weighted by molar-refractivity contribution is 5.77. The summed E-state index contributed by atoms with van der Waals surface area (Å²) in [6.45, 7) is 4.86. The van der Waals surface area contributed by atoms with Gasteiger partial charge in [0.1, 0.15) is 23.8 Å². The van der Waals surface area contributed by atoms with Gasteiger partial charge >= 0.3 is 5.69 Å². The Labute approximate surface area is 143 Å². The van der Waals surface area contributed by atoms with Crippen LogP contribution in [0.4, 0.5) is 5.69 Å². The van der Waals surface area contributed by atoms with Gasteiger partial charge in [-0.25, -0.2) is 4.98 Å². The molecule has 9 nitrogen and oxygen atoms in total. The zero-order valence-corrected chi connectivity index (χ0v) is 14.1. The van der Waals surface area contributed by atoms with Crippen molar-refractivity contribution in [2.75, 3.05) is 0 Å².